The maximum absolute atomic E-state index is 9.64. The van der Waals surface area contributed by atoms with E-state index in [0.29, 0.717) is 18.2 Å². The Kier molecular flexibility index (Phi) is 4.00. The van der Waals surface area contributed by atoms with Gasteiger partial charge < -0.3 is 5.11 Å². The van der Waals surface area contributed by atoms with E-state index in [1.54, 1.807) is 7.05 Å². The first-order valence-electron chi connectivity index (χ1n) is 4.99. The van der Waals surface area contributed by atoms with E-state index >= 15 is 0 Å². The smallest absolute Gasteiger partial charge is 0.177 e. The molecule has 0 aliphatic rings. The summed E-state index contributed by atoms with van der Waals surface area (Å²) in [5.74, 6) is 1.24. The van der Waals surface area contributed by atoms with Crippen LogP contribution in [0, 0.1) is 5.92 Å². The van der Waals surface area contributed by atoms with Gasteiger partial charge in [-0.1, -0.05) is 13.8 Å². The second kappa shape index (κ2) is 5.05. The molecule has 5 heteroatoms. The highest BCUT2D eigenvalue weighted by atomic mass is 16.3. The van der Waals surface area contributed by atoms with Crippen LogP contribution in [0.4, 0.5) is 0 Å². The van der Waals surface area contributed by atoms with Gasteiger partial charge in [-0.2, -0.15) is 4.80 Å². The summed E-state index contributed by atoms with van der Waals surface area (Å²) >= 11 is 0. The molecule has 1 aromatic heterocycles. The van der Waals surface area contributed by atoms with Crippen molar-refractivity contribution in [1.29, 1.82) is 0 Å². The fourth-order valence-corrected chi connectivity index (χ4v) is 1.24. The largest absolute Gasteiger partial charge is 0.393 e. The third-order valence-electron chi connectivity index (χ3n) is 2.05. The molecule has 1 unspecified atom stereocenters. The summed E-state index contributed by atoms with van der Waals surface area (Å²) in [5.41, 5.74) is 0. The Balaban J connectivity index is 2.30. The van der Waals surface area contributed by atoms with Crippen LogP contribution in [0.25, 0.3) is 0 Å². The van der Waals surface area contributed by atoms with Gasteiger partial charge in [-0.3, -0.25) is 0 Å². The quantitative estimate of drug-likeness (QED) is 0.750. The van der Waals surface area contributed by atoms with Crippen molar-refractivity contribution in [2.75, 3.05) is 0 Å². The number of hydrogen-bond acceptors (Lipinski definition) is 4. The molecule has 80 valence electrons. The van der Waals surface area contributed by atoms with Crippen molar-refractivity contribution in [2.24, 2.45) is 13.0 Å². The molecule has 5 nitrogen and oxygen atoms in total. The molecule has 1 aromatic rings. The third-order valence-corrected chi connectivity index (χ3v) is 2.05. The highest BCUT2D eigenvalue weighted by Crippen LogP contribution is 2.08. The Morgan fingerprint density at radius 1 is 1.36 bits per heavy atom. The van der Waals surface area contributed by atoms with Gasteiger partial charge in [0.1, 0.15) is 0 Å². The van der Waals surface area contributed by atoms with Crippen molar-refractivity contribution in [2.45, 2.75) is 39.2 Å². The van der Waals surface area contributed by atoms with Gasteiger partial charge in [0.2, 0.25) is 0 Å². The lowest BCUT2D eigenvalue weighted by molar-refractivity contribution is 0.154. The molecule has 1 rings (SSSR count). The summed E-state index contributed by atoms with van der Waals surface area (Å²) in [6.07, 6.45) is 1.99. The summed E-state index contributed by atoms with van der Waals surface area (Å²) in [5, 5.41) is 21.2. The predicted octanol–water partition coefficient (Wildman–Crippen LogP) is 0.550. The molecule has 0 aliphatic heterocycles. The molecule has 0 saturated carbocycles. The third kappa shape index (κ3) is 3.83. The summed E-state index contributed by atoms with van der Waals surface area (Å²) < 4.78 is 0. The number of tetrazole rings is 1. The van der Waals surface area contributed by atoms with Crippen LogP contribution in [0.5, 0.6) is 0 Å². The van der Waals surface area contributed by atoms with Crippen LogP contribution in [0.2, 0.25) is 0 Å². The fourth-order valence-electron chi connectivity index (χ4n) is 1.24. The normalized spacial score (nSPS) is 13.5. The molecule has 0 bridgehead atoms. The Hall–Kier alpha value is -0.970. The first-order valence-corrected chi connectivity index (χ1v) is 4.99. The average molecular weight is 198 g/mol. The minimum absolute atomic E-state index is 0.346. The van der Waals surface area contributed by atoms with Gasteiger partial charge in [0, 0.05) is 6.42 Å². The summed E-state index contributed by atoms with van der Waals surface area (Å²) in [6.45, 7) is 4.29. The topological polar surface area (TPSA) is 63.8 Å². The van der Waals surface area contributed by atoms with Crippen LogP contribution in [0.3, 0.4) is 0 Å². The molecule has 0 radical (unpaired) electrons. The number of aliphatic hydroxyl groups excluding tert-OH is 1. The maximum atomic E-state index is 9.64. The van der Waals surface area contributed by atoms with Crippen LogP contribution < -0.4 is 0 Å². The highest BCUT2D eigenvalue weighted by molar-refractivity contribution is 4.80. The van der Waals surface area contributed by atoms with Crippen LogP contribution in [-0.2, 0) is 13.5 Å². The van der Waals surface area contributed by atoms with Crippen LogP contribution in [-0.4, -0.2) is 31.4 Å². The maximum Gasteiger partial charge on any atom is 0.177 e. The molecule has 1 heterocycles. The van der Waals surface area contributed by atoms with Gasteiger partial charge in [-0.05, 0) is 24.0 Å². The van der Waals surface area contributed by atoms with E-state index < -0.39 is 0 Å². The van der Waals surface area contributed by atoms with Gasteiger partial charge in [0.25, 0.3) is 0 Å². The van der Waals surface area contributed by atoms with E-state index in [2.05, 4.69) is 29.3 Å². The number of hydrogen-bond donors (Lipinski definition) is 1. The molecular formula is C9H18N4O. The number of rotatable bonds is 5. The van der Waals surface area contributed by atoms with E-state index in [4.69, 9.17) is 0 Å². The zero-order chi connectivity index (χ0) is 10.6. The number of aliphatic hydroxyl groups is 1. The molecule has 0 aromatic carbocycles. The molecule has 0 aliphatic carbocycles. The molecule has 0 fully saturated rings. The van der Waals surface area contributed by atoms with Crippen molar-refractivity contribution in [3.05, 3.63) is 5.82 Å². The number of nitrogens with zero attached hydrogens (tertiary/aromatic N) is 4. The highest BCUT2D eigenvalue weighted by Gasteiger charge is 2.10. The number of aromatic nitrogens is 4. The van der Waals surface area contributed by atoms with Gasteiger partial charge in [0.05, 0.1) is 13.2 Å². The van der Waals surface area contributed by atoms with Gasteiger partial charge in [-0.15, -0.1) is 10.2 Å². The first kappa shape index (κ1) is 11.1. The van der Waals surface area contributed by atoms with Gasteiger partial charge in [-0.25, -0.2) is 0 Å². The molecule has 0 amide bonds. The standard InChI is InChI=1S/C9H18N4O/c1-7(2)4-5-8(14)6-9-10-12-13(3)11-9/h7-8,14H,4-6H2,1-3H3. The van der Waals surface area contributed by atoms with Gasteiger partial charge >= 0.3 is 0 Å². The summed E-state index contributed by atoms with van der Waals surface area (Å²) in [7, 11) is 1.72. The zero-order valence-corrected chi connectivity index (χ0v) is 9.01. The second-order valence-electron chi connectivity index (χ2n) is 4.02. The monoisotopic (exact) mass is 198 g/mol. The molecule has 0 saturated heterocycles. The van der Waals surface area contributed by atoms with E-state index in [1.165, 1.54) is 4.80 Å². The van der Waals surface area contributed by atoms with Crippen molar-refractivity contribution in [3.8, 4) is 0 Å². The van der Waals surface area contributed by atoms with Crippen molar-refractivity contribution < 1.29 is 5.11 Å². The van der Waals surface area contributed by atoms with E-state index in [0.717, 1.165) is 12.8 Å². The minimum Gasteiger partial charge on any atom is -0.393 e. The van der Waals surface area contributed by atoms with E-state index in [9.17, 15) is 5.11 Å². The summed E-state index contributed by atoms with van der Waals surface area (Å²) in [4.78, 5) is 1.41. The lowest BCUT2D eigenvalue weighted by atomic mass is 10.0. The SMILES string of the molecule is CC(C)CCC(O)Cc1nnn(C)n1. The lowest BCUT2D eigenvalue weighted by Gasteiger charge is -2.09. The molecule has 1 atom stereocenters. The Bertz CT molecular complexity index is 272. The average Bonchev–Trinajstić information content (AvgIpc) is 2.48. The first-order chi connectivity index (χ1) is 6.58. The van der Waals surface area contributed by atoms with Crippen molar-refractivity contribution >= 4 is 0 Å². The van der Waals surface area contributed by atoms with Crippen LogP contribution in [0.15, 0.2) is 0 Å². The lowest BCUT2D eigenvalue weighted by Crippen LogP contribution is -2.12. The number of aryl methyl sites for hydroxylation is 1. The molecule has 1 N–H and O–H groups in total. The fraction of sp³-hybridized carbons (Fsp3) is 0.889. The Labute approximate surface area is 84.1 Å². The van der Waals surface area contributed by atoms with Crippen molar-refractivity contribution in [1.82, 2.24) is 20.2 Å². The molecular weight excluding hydrogens is 180 g/mol. The Morgan fingerprint density at radius 2 is 2.07 bits per heavy atom. The predicted molar refractivity (Wildman–Crippen MR) is 52.6 cm³/mol. The van der Waals surface area contributed by atoms with Crippen molar-refractivity contribution in [3.63, 3.8) is 0 Å². The molecule has 0 spiro atoms. The minimum atomic E-state index is -0.346. The zero-order valence-electron chi connectivity index (χ0n) is 9.01. The van der Waals surface area contributed by atoms with Crippen LogP contribution >= 0.6 is 0 Å². The van der Waals surface area contributed by atoms with Crippen LogP contribution in [0.1, 0.15) is 32.5 Å². The second-order valence-corrected chi connectivity index (χ2v) is 4.02. The van der Waals surface area contributed by atoms with Gasteiger partial charge in [0.15, 0.2) is 5.82 Å². The van der Waals surface area contributed by atoms with E-state index in [-0.39, 0.29) is 6.10 Å². The molecule has 14 heavy (non-hydrogen) atoms. The Morgan fingerprint density at radius 3 is 2.57 bits per heavy atom. The van der Waals surface area contributed by atoms with E-state index in [1.807, 2.05) is 0 Å². The summed E-state index contributed by atoms with van der Waals surface area (Å²) in [6, 6.07) is 0.